The molecule has 4 nitrogen and oxygen atoms in total. The first-order valence-corrected chi connectivity index (χ1v) is 8.77. The predicted molar refractivity (Wildman–Crippen MR) is 88.8 cm³/mol. The van der Waals surface area contributed by atoms with Gasteiger partial charge in [0.05, 0.1) is 18.5 Å². The highest BCUT2D eigenvalue weighted by Crippen LogP contribution is 2.42. The van der Waals surface area contributed by atoms with Crippen LogP contribution >= 0.6 is 0 Å². The molecule has 1 aromatic rings. The van der Waals surface area contributed by atoms with E-state index < -0.39 is 21.7 Å². The minimum atomic E-state index is -1.27. The zero-order valence-electron chi connectivity index (χ0n) is 14.2. The third kappa shape index (κ3) is 3.97. The molecule has 0 fully saturated rings. The smallest absolute Gasteiger partial charge is 0.136 e. The molecule has 126 valence electrons. The maximum atomic E-state index is 14.0. The lowest BCUT2D eigenvalue weighted by Crippen LogP contribution is -2.40. The van der Waals surface area contributed by atoms with Crippen molar-refractivity contribution in [2.24, 2.45) is 0 Å². The van der Waals surface area contributed by atoms with Gasteiger partial charge >= 0.3 is 0 Å². The summed E-state index contributed by atoms with van der Waals surface area (Å²) in [5.41, 5.74) is 0.759. The van der Waals surface area contributed by atoms with Crippen molar-refractivity contribution >= 4 is 11.4 Å². The van der Waals surface area contributed by atoms with E-state index in [-0.39, 0.29) is 18.3 Å². The number of nitrogens with zero attached hydrogens (tertiary/aromatic N) is 1. The molecule has 2 rings (SSSR count). The molecule has 1 aromatic carbocycles. The van der Waals surface area contributed by atoms with Gasteiger partial charge in [0, 0.05) is 28.9 Å². The number of rotatable bonds is 4. The van der Waals surface area contributed by atoms with Crippen molar-refractivity contribution < 1.29 is 13.7 Å². The minimum absolute atomic E-state index is 0.235. The van der Waals surface area contributed by atoms with Crippen molar-refractivity contribution in [3.8, 4) is 11.8 Å². The van der Waals surface area contributed by atoms with E-state index in [1.165, 1.54) is 12.1 Å². The summed E-state index contributed by atoms with van der Waals surface area (Å²) in [5.74, 6) is 0.258. The predicted octanol–water partition coefficient (Wildman–Crippen LogP) is 3.55. The van der Waals surface area contributed by atoms with E-state index >= 15 is 0 Å². The molecule has 0 radical (unpaired) electrons. The number of nitrogens with one attached hydrogen (secondary N) is 1. The first kappa shape index (κ1) is 18.1. The monoisotopic (exact) mass is 338 g/mol. The average Bonchev–Trinajstić information content (AvgIpc) is 2.72. The maximum absolute atomic E-state index is 14.0. The van der Waals surface area contributed by atoms with E-state index in [9.17, 15) is 8.94 Å². The summed E-state index contributed by atoms with van der Waals surface area (Å²) in [4.78, 5) is 0. The minimum Gasteiger partial charge on any atom is -0.598 e. The summed E-state index contributed by atoms with van der Waals surface area (Å²) in [7, 11) is 0. The first-order valence-electron chi connectivity index (χ1n) is 7.62. The van der Waals surface area contributed by atoms with E-state index in [2.05, 4.69) is 10.8 Å². The van der Waals surface area contributed by atoms with Gasteiger partial charge in [0.1, 0.15) is 21.9 Å². The largest absolute Gasteiger partial charge is 0.598 e. The SMILES string of the molecule is C[C@@H](N[S+]([O-])C(C)(C)C)c1cc(F)cc2c1O[C@@](C)(CC#N)C2. The standard InChI is InChI=1S/C17H23FN2O2S/c1-11(20-23(21)16(2,3)4)14-9-13(18)8-12-10-17(5,6-7-19)22-15(12)14/h8-9,11,20H,6,10H2,1-5H3/t11-,17+,23?/m1/s1. The average molecular weight is 338 g/mol. The van der Waals surface area contributed by atoms with E-state index in [4.69, 9.17) is 10.00 Å². The van der Waals surface area contributed by atoms with Crippen LogP contribution in [0.5, 0.6) is 5.75 Å². The van der Waals surface area contributed by atoms with Gasteiger partial charge in [-0.2, -0.15) is 5.26 Å². The molecule has 0 aromatic heterocycles. The number of nitriles is 1. The molecule has 0 bridgehead atoms. The molecule has 1 aliphatic rings. The second-order valence-electron chi connectivity index (χ2n) is 7.27. The molecular weight excluding hydrogens is 315 g/mol. The quantitative estimate of drug-likeness (QED) is 0.853. The molecule has 0 spiro atoms. The summed E-state index contributed by atoms with van der Waals surface area (Å²) in [6, 6.07) is 4.65. The summed E-state index contributed by atoms with van der Waals surface area (Å²) >= 11 is -1.27. The number of ether oxygens (including phenoxy) is 1. The van der Waals surface area contributed by atoms with Crippen LogP contribution in [0.25, 0.3) is 0 Å². The van der Waals surface area contributed by atoms with Crippen LogP contribution in [0.4, 0.5) is 4.39 Å². The van der Waals surface area contributed by atoms with Crippen LogP contribution in [0.1, 0.15) is 58.2 Å². The highest BCUT2D eigenvalue weighted by atomic mass is 32.2. The van der Waals surface area contributed by atoms with Gasteiger partial charge in [-0.25, -0.2) is 4.39 Å². The molecule has 1 N–H and O–H groups in total. The Morgan fingerprint density at radius 1 is 1.52 bits per heavy atom. The number of hydrogen-bond acceptors (Lipinski definition) is 4. The number of hydrogen-bond donors (Lipinski definition) is 1. The highest BCUT2D eigenvalue weighted by molar-refractivity contribution is 7.90. The van der Waals surface area contributed by atoms with Gasteiger partial charge in [-0.05, 0) is 46.8 Å². The van der Waals surface area contributed by atoms with Crippen molar-refractivity contribution in [3.05, 3.63) is 29.1 Å². The molecule has 1 heterocycles. The third-order valence-corrected chi connectivity index (χ3v) is 5.51. The Hall–Kier alpha value is -1.29. The van der Waals surface area contributed by atoms with Gasteiger partial charge < -0.3 is 9.29 Å². The molecule has 23 heavy (non-hydrogen) atoms. The van der Waals surface area contributed by atoms with Gasteiger partial charge in [-0.3, -0.25) is 0 Å². The molecule has 0 amide bonds. The van der Waals surface area contributed by atoms with Crippen molar-refractivity contribution in [2.45, 2.75) is 63.9 Å². The van der Waals surface area contributed by atoms with Crippen LogP contribution in [-0.2, 0) is 17.8 Å². The van der Waals surface area contributed by atoms with Gasteiger partial charge in [0.25, 0.3) is 0 Å². The molecule has 1 aliphatic heterocycles. The second-order valence-corrected chi connectivity index (χ2v) is 9.27. The van der Waals surface area contributed by atoms with Gasteiger partial charge in [-0.15, -0.1) is 4.72 Å². The molecule has 0 aliphatic carbocycles. The lowest BCUT2D eigenvalue weighted by atomic mass is 9.95. The number of fused-ring (bicyclic) bond motifs is 1. The number of halogens is 1. The van der Waals surface area contributed by atoms with Gasteiger partial charge in [-0.1, -0.05) is 0 Å². The Bertz CT molecular complexity index is 639. The molecule has 0 saturated carbocycles. The van der Waals surface area contributed by atoms with Crippen molar-refractivity contribution in [1.29, 1.82) is 5.26 Å². The van der Waals surface area contributed by atoms with Gasteiger partial charge in [0.2, 0.25) is 0 Å². The summed E-state index contributed by atoms with van der Waals surface area (Å²) < 4.78 is 34.8. The van der Waals surface area contributed by atoms with Crippen molar-refractivity contribution in [1.82, 2.24) is 4.72 Å². The van der Waals surface area contributed by atoms with Crippen molar-refractivity contribution in [2.75, 3.05) is 0 Å². The van der Waals surface area contributed by atoms with Crippen LogP contribution in [0.3, 0.4) is 0 Å². The second kappa shape index (κ2) is 6.31. The van der Waals surface area contributed by atoms with Crippen LogP contribution in [0, 0.1) is 17.1 Å². The van der Waals surface area contributed by atoms with Gasteiger partial charge in [0.15, 0.2) is 0 Å². The molecule has 0 saturated heterocycles. The fourth-order valence-corrected chi connectivity index (χ4v) is 3.40. The third-order valence-electron chi connectivity index (χ3n) is 3.83. The lowest BCUT2D eigenvalue weighted by molar-refractivity contribution is 0.120. The molecule has 1 unspecified atom stereocenters. The Labute approximate surface area is 140 Å². The van der Waals surface area contributed by atoms with E-state index in [0.29, 0.717) is 17.7 Å². The highest BCUT2D eigenvalue weighted by Gasteiger charge is 2.38. The van der Waals surface area contributed by atoms with E-state index in [1.54, 1.807) is 0 Å². The van der Waals surface area contributed by atoms with Crippen LogP contribution in [0.15, 0.2) is 12.1 Å². The fourth-order valence-electron chi connectivity index (χ4n) is 2.60. The Morgan fingerprint density at radius 2 is 2.17 bits per heavy atom. The maximum Gasteiger partial charge on any atom is 0.136 e. The van der Waals surface area contributed by atoms with Crippen molar-refractivity contribution in [3.63, 3.8) is 0 Å². The number of benzene rings is 1. The van der Waals surface area contributed by atoms with Crippen LogP contribution < -0.4 is 9.46 Å². The summed E-state index contributed by atoms with van der Waals surface area (Å²) in [5, 5.41) is 8.96. The van der Waals surface area contributed by atoms with E-state index in [1.807, 2.05) is 34.6 Å². The zero-order valence-corrected chi connectivity index (χ0v) is 15.0. The Balaban J connectivity index is 2.31. The normalized spacial score (nSPS) is 22.9. The van der Waals surface area contributed by atoms with E-state index in [0.717, 1.165) is 5.56 Å². The topological polar surface area (TPSA) is 68.1 Å². The molecule has 3 atom stereocenters. The van der Waals surface area contributed by atoms with Crippen LogP contribution in [-0.4, -0.2) is 14.9 Å². The summed E-state index contributed by atoms with van der Waals surface area (Å²) in [6.45, 7) is 9.31. The lowest BCUT2D eigenvalue weighted by Gasteiger charge is -2.27. The zero-order chi connectivity index (χ0) is 17.4. The van der Waals surface area contributed by atoms with Crippen LogP contribution in [0.2, 0.25) is 0 Å². The summed E-state index contributed by atoms with van der Waals surface area (Å²) in [6.07, 6.45) is 0.730. The first-order chi connectivity index (χ1) is 10.6. The fraction of sp³-hybridized carbons (Fsp3) is 0.588. The molecule has 6 heteroatoms. The Morgan fingerprint density at radius 3 is 2.74 bits per heavy atom. The Kier molecular flexibility index (Phi) is 4.95. The molecular formula is C17H23FN2O2S.